The molecule has 0 heterocycles. The van der Waals surface area contributed by atoms with E-state index in [9.17, 15) is 9.59 Å². The van der Waals surface area contributed by atoms with Crippen molar-refractivity contribution < 1.29 is 9.59 Å². The molecule has 0 radical (unpaired) electrons. The van der Waals surface area contributed by atoms with Gasteiger partial charge in [0.2, 0.25) is 11.8 Å². The molecule has 4 nitrogen and oxygen atoms in total. The molecule has 3 rings (SSSR count). The van der Waals surface area contributed by atoms with Crippen LogP contribution in [0.2, 0.25) is 0 Å². The molecular weight excluding hydrogens is 288 g/mol. The molecule has 2 fully saturated rings. The van der Waals surface area contributed by atoms with Crippen LogP contribution in [-0.4, -0.2) is 17.9 Å². The van der Waals surface area contributed by atoms with Gasteiger partial charge in [0.1, 0.15) is 5.41 Å². The lowest BCUT2D eigenvalue weighted by Crippen LogP contribution is -2.46. The first kappa shape index (κ1) is 16.0. The summed E-state index contributed by atoms with van der Waals surface area (Å²) in [6, 6.07) is 8.33. The molecule has 1 aromatic carbocycles. The minimum atomic E-state index is -0.804. The van der Waals surface area contributed by atoms with Crippen molar-refractivity contribution in [1.82, 2.24) is 10.6 Å². The van der Waals surface area contributed by atoms with Crippen molar-refractivity contribution in [1.29, 1.82) is 0 Å². The number of carbonyl (C=O) groups excluding carboxylic acids is 2. The fraction of sp³-hybridized carbons (Fsp3) is 0.579. The molecular formula is C19H26N2O2. The highest BCUT2D eigenvalue weighted by Gasteiger charge is 2.56. The highest BCUT2D eigenvalue weighted by Crippen LogP contribution is 2.46. The van der Waals surface area contributed by atoms with Gasteiger partial charge >= 0.3 is 0 Å². The summed E-state index contributed by atoms with van der Waals surface area (Å²) < 4.78 is 0. The quantitative estimate of drug-likeness (QED) is 0.821. The second-order valence-electron chi connectivity index (χ2n) is 7.06. The van der Waals surface area contributed by atoms with Crippen LogP contribution in [0, 0.1) is 12.3 Å². The number of amides is 2. The summed E-state index contributed by atoms with van der Waals surface area (Å²) in [4.78, 5) is 25.0. The monoisotopic (exact) mass is 314 g/mol. The zero-order valence-corrected chi connectivity index (χ0v) is 13.9. The Kier molecular flexibility index (Phi) is 4.69. The van der Waals surface area contributed by atoms with Crippen molar-refractivity contribution in [3.05, 3.63) is 35.4 Å². The van der Waals surface area contributed by atoms with Crippen LogP contribution in [0.25, 0.3) is 0 Å². The normalized spacial score (nSPS) is 19.9. The fourth-order valence-electron chi connectivity index (χ4n) is 3.43. The standard InChI is InChI=1S/C19H26N2O2/c1-14-6-5-7-15(12-14)13-20-17(22)19(10-11-19)18(23)21-16-8-3-2-4-9-16/h5-7,12,16H,2-4,8-11,13H2,1H3,(H,20,22)(H,21,23). The van der Waals surface area contributed by atoms with Crippen LogP contribution in [-0.2, 0) is 16.1 Å². The number of aryl methyl sites for hydroxylation is 1. The molecule has 2 aliphatic carbocycles. The highest BCUT2D eigenvalue weighted by molar-refractivity contribution is 6.07. The number of hydrogen-bond donors (Lipinski definition) is 2. The number of hydrogen-bond acceptors (Lipinski definition) is 2. The maximum absolute atomic E-state index is 12.5. The molecule has 2 saturated carbocycles. The number of carbonyl (C=O) groups is 2. The van der Waals surface area contributed by atoms with Gasteiger partial charge in [0.25, 0.3) is 0 Å². The molecule has 0 spiro atoms. The molecule has 23 heavy (non-hydrogen) atoms. The Balaban J connectivity index is 1.54. The van der Waals surface area contributed by atoms with Crippen LogP contribution in [0.3, 0.4) is 0 Å². The van der Waals surface area contributed by atoms with E-state index in [1.165, 1.54) is 24.8 Å². The van der Waals surface area contributed by atoms with Crippen LogP contribution in [0.1, 0.15) is 56.1 Å². The molecule has 4 heteroatoms. The lowest BCUT2D eigenvalue weighted by molar-refractivity contribution is -0.137. The first-order valence-corrected chi connectivity index (χ1v) is 8.75. The number of rotatable bonds is 5. The van der Waals surface area contributed by atoms with Gasteiger partial charge in [0.05, 0.1) is 0 Å². The molecule has 2 aliphatic rings. The van der Waals surface area contributed by atoms with Crippen LogP contribution < -0.4 is 10.6 Å². The minimum absolute atomic E-state index is 0.0638. The van der Waals surface area contributed by atoms with E-state index in [2.05, 4.69) is 16.7 Å². The van der Waals surface area contributed by atoms with Gasteiger partial charge in [-0.25, -0.2) is 0 Å². The molecule has 124 valence electrons. The van der Waals surface area contributed by atoms with Gasteiger partial charge in [-0.2, -0.15) is 0 Å². The summed E-state index contributed by atoms with van der Waals surface area (Å²) in [6.07, 6.45) is 7.05. The van der Waals surface area contributed by atoms with E-state index in [0.29, 0.717) is 19.4 Å². The second-order valence-corrected chi connectivity index (χ2v) is 7.06. The van der Waals surface area contributed by atoms with Crippen molar-refractivity contribution in [2.24, 2.45) is 5.41 Å². The van der Waals surface area contributed by atoms with Gasteiger partial charge in [-0.15, -0.1) is 0 Å². The second kappa shape index (κ2) is 6.73. The summed E-state index contributed by atoms with van der Waals surface area (Å²) in [6.45, 7) is 2.52. The fourth-order valence-corrected chi connectivity index (χ4v) is 3.43. The first-order valence-electron chi connectivity index (χ1n) is 8.75. The van der Waals surface area contributed by atoms with Gasteiger partial charge in [0.15, 0.2) is 0 Å². The zero-order chi connectivity index (χ0) is 16.3. The van der Waals surface area contributed by atoms with Gasteiger partial charge in [-0.1, -0.05) is 49.1 Å². The molecule has 0 aromatic heterocycles. The minimum Gasteiger partial charge on any atom is -0.352 e. The molecule has 0 bridgehead atoms. The lowest BCUT2D eigenvalue weighted by Gasteiger charge is -2.25. The average molecular weight is 314 g/mol. The lowest BCUT2D eigenvalue weighted by atomic mass is 9.94. The Labute approximate surface area is 138 Å². The summed E-state index contributed by atoms with van der Waals surface area (Å²) in [7, 11) is 0. The third-order valence-corrected chi connectivity index (χ3v) is 5.10. The summed E-state index contributed by atoms with van der Waals surface area (Å²) >= 11 is 0. The van der Waals surface area contributed by atoms with E-state index < -0.39 is 5.41 Å². The Hall–Kier alpha value is -1.84. The topological polar surface area (TPSA) is 58.2 Å². The molecule has 0 saturated heterocycles. The van der Waals surface area contributed by atoms with E-state index in [1.54, 1.807) is 0 Å². The Morgan fingerprint density at radius 2 is 1.87 bits per heavy atom. The average Bonchev–Trinajstić information content (AvgIpc) is 3.35. The van der Waals surface area contributed by atoms with Crippen molar-refractivity contribution in [2.75, 3.05) is 0 Å². The van der Waals surface area contributed by atoms with E-state index in [4.69, 9.17) is 0 Å². The predicted octanol–water partition coefficient (Wildman–Crippen LogP) is 2.84. The smallest absolute Gasteiger partial charge is 0.235 e. The van der Waals surface area contributed by atoms with E-state index in [-0.39, 0.29) is 17.9 Å². The van der Waals surface area contributed by atoms with Crippen molar-refractivity contribution >= 4 is 11.8 Å². The van der Waals surface area contributed by atoms with Crippen LogP contribution >= 0.6 is 0 Å². The Morgan fingerprint density at radius 1 is 1.13 bits per heavy atom. The van der Waals surface area contributed by atoms with Crippen molar-refractivity contribution in [3.63, 3.8) is 0 Å². The summed E-state index contributed by atoms with van der Waals surface area (Å²) in [5, 5.41) is 6.06. The SMILES string of the molecule is Cc1cccc(CNC(=O)C2(C(=O)NC3CCCCC3)CC2)c1. The molecule has 0 aliphatic heterocycles. The van der Waals surface area contributed by atoms with Crippen LogP contribution in [0.15, 0.2) is 24.3 Å². The molecule has 0 unspecified atom stereocenters. The molecule has 0 atom stereocenters. The first-order chi connectivity index (χ1) is 11.1. The Bertz CT molecular complexity index is 587. The van der Waals surface area contributed by atoms with Gasteiger partial charge in [-0.3, -0.25) is 9.59 Å². The largest absolute Gasteiger partial charge is 0.352 e. The van der Waals surface area contributed by atoms with Crippen molar-refractivity contribution in [3.8, 4) is 0 Å². The van der Waals surface area contributed by atoms with Gasteiger partial charge in [0, 0.05) is 12.6 Å². The van der Waals surface area contributed by atoms with Gasteiger partial charge in [-0.05, 0) is 38.2 Å². The molecule has 2 amide bonds. The van der Waals surface area contributed by atoms with Crippen LogP contribution in [0.4, 0.5) is 0 Å². The maximum Gasteiger partial charge on any atom is 0.235 e. The summed E-state index contributed by atoms with van der Waals surface area (Å²) in [5.74, 6) is -0.182. The third kappa shape index (κ3) is 3.74. The van der Waals surface area contributed by atoms with Crippen LogP contribution in [0.5, 0.6) is 0 Å². The number of benzene rings is 1. The zero-order valence-electron chi connectivity index (χ0n) is 13.9. The maximum atomic E-state index is 12.5. The predicted molar refractivity (Wildman–Crippen MR) is 89.7 cm³/mol. The van der Waals surface area contributed by atoms with E-state index in [1.807, 2.05) is 25.1 Å². The molecule has 2 N–H and O–H groups in total. The Morgan fingerprint density at radius 3 is 2.52 bits per heavy atom. The van der Waals surface area contributed by atoms with E-state index in [0.717, 1.165) is 18.4 Å². The van der Waals surface area contributed by atoms with E-state index >= 15 is 0 Å². The van der Waals surface area contributed by atoms with Gasteiger partial charge < -0.3 is 10.6 Å². The third-order valence-electron chi connectivity index (χ3n) is 5.10. The van der Waals surface area contributed by atoms with Crippen molar-refractivity contribution in [2.45, 2.75) is 64.5 Å². The summed E-state index contributed by atoms with van der Waals surface area (Å²) in [5.41, 5.74) is 1.44. The highest BCUT2D eigenvalue weighted by atomic mass is 16.2. The molecule has 1 aromatic rings. The number of nitrogens with one attached hydrogen (secondary N) is 2.